The van der Waals surface area contributed by atoms with E-state index in [4.69, 9.17) is 4.74 Å². The Hall–Kier alpha value is -0.870. The fourth-order valence-electron chi connectivity index (χ4n) is 2.67. The average molecular weight is 249 g/mol. The Morgan fingerprint density at radius 2 is 2.06 bits per heavy atom. The lowest BCUT2D eigenvalue weighted by Crippen LogP contribution is -2.47. The van der Waals surface area contributed by atoms with Crippen molar-refractivity contribution >= 4 is 0 Å². The van der Waals surface area contributed by atoms with Gasteiger partial charge in [0.1, 0.15) is 0 Å². The molecule has 2 saturated heterocycles. The third-order valence-corrected chi connectivity index (χ3v) is 4.17. The largest absolute Gasteiger partial charge is 0.378 e. The summed E-state index contributed by atoms with van der Waals surface area (Å²) in [5, 5.41) is 4.56. The van der Waals surface area contributed by atoms with Gasteiger partial charge < -0.3 is 4.74 Å². The van der Waals surface area contributed by atoms with E-state index in [1.54, 1.807) is 0 Å². The fourth-order valence-corrected chi connectivity index (χ4v) is 2.67. The van der Waals surface area contributed by atoms with Gasteiger partial charge in [-0.2, -0.15) is 5.10 Å². The summed E-state index contributed by atoms with van der Waals surface area (Å²) in [5.74, 6) is 0. The van der Waals surface area contributed by atoms with Crippen LogP contribution >= 0.6 is 0 Å². The van der Waals surface area contributed by atoms with E-state index in [-0.39, 0.29) is 5.41 Å². The van der Waals surface area contributed by atoms with E-state index < -0.39 is 0 Å². The molecule has 3 rings (SSSR count). The molecule has 0 amide bonds. The van der Waals surface area contributed by atoms with Crippen molar-refractivity contribution < 1.29 is 4.74 Å². The van der Waals surface area contributed by atoms with Crippen molar-refractivity contribution in [1.82, 2.24) is 14.7 Å². The summed E-state index contributed by atoms with van der Waals surface area (Å²) >= 11 is 0. The number of ether oxygens (including phenoxy) is 1. The Labute approximate surface area is 109 Å². The molecule has 0 radical (unpaired) electrons. The van der Waals surface area contributed by atoms with Crippen molar-refractivity contribution in [1.29, 1.82) is 0 Å². The summed E-state index contributed by atoms with van der Waals surface area (Å²) in [6.07, 6.45) is 5.46. The van der Waals surface area contributed by atoms with Crippen LogP contribution in [0.25, 0.3) is 0 Å². The molecule has 0 aromatic carbocycles. The van der Waals surface area contributed by atoms with E-state index in [9.17, 15) is 0 Å². The number of hydrogen-bond donors (Lipinski definition) is 0. The molecule has 2 fully saturated rings. The summed E-state index contributed by atoms with van der Waals surface area (Å²) in [5.41, 5.74) is 1.52. The molecule has 18 heavy (non-hydrogen) atoms. The van der Waals surface area contributed by atoms with Gasteiger partial charge in [-0.1, -0.05) is 20.8 Å². The number of hydrogen-bond acceptors (Lipinski definition) is 3. The SMILES string of the molecule is CC(C)(C)c1cnn(C2CCN(C3COC3)C2)c1. The average Bonchev–Trinajstić information content (AvgIpc) is 2.78. The van der Waals surface area contributed by atoms with Gasteiger partial charge in [-0.05, 0) is 17.4 Å². The van der Waals surface area contributed by atoms with Crippen molar-refractivity contribution in [2.24, 2.45) is 0 Å². The molecular weight excluding hydrogens is 226 g/mol. The summed E-state index contributed by atoms with van der Waals surface area (Å²) in [6, 6.07) is 1.20. The minimum atomic E-state index is 0.193. The molecule has 1 atom stereocenters. The van der Waals surface area contributed by atoms with Crippen LogP contribution in [-0.2, 0) is 10.2 Å². The molecule has 2 aliphatic heterocycles. The van der Waals surface area contributed by atoms with E-state index in [1.807, 2.05) is 6.20 Å². The second-order valence-electron chi connectivity index (χ2n) is 6.59. The van der Waals surface area contributed by atoms with Crippen LogP contribution < -0.4 is 0 Å². The van der Waals surface area contributed by atoms with Crippen LogP contribution in [0.15, 0.2) is 12.4 Å². The second-order valence-corrected chi connectivity index (χ2v) is 6.59. The molecule has 3 heterocycles. The standard InChI is InChI=1S/C14H23N3O/c1-14(2,3)11-6-15-17(7-11)12-4-5-16(8-12)13-9-18-10-13/h6-7,12-13H,4-5,8-10H2,1-3H3. The highest BCUT2D eigenvalue weighted by Crippen LogP contribution is 2.27. The van der Waals surface area contributed by atoms with Crippen LogP contribution in [0.3, 0.4) is 0 Å². The smallest absolute Gasteiger partial charge is 0.0658 e. The van der Waals surface area contributed by atoms with Gasteiger partial charge in [0.2, 0.25) is 0 Å². The molecule has 0 spiro atoms. The van der Waals surface area contributed by atoms with Crippen molar-refractivity contribution in [3.63, 3.8) is 0 Å². The second kappa shape index (κ2) is 4.35. The van der Waals surface area contributed by atoms with Gasteiger partial charge in [0.25, 0.3) is 0 Å². The molecule has 0 aliphatic carbocycles. The van der Waals surface area contributed by atoms with Gasteiger partial charge in [-0.15, -0.1) is 0 Å². The first-order valence-corrected chi connectivity index (χ1v) is 6.90. The summed E-state index contributed by atoms with van der Waals surface area (Å²) < 4.78 is 7.44. The maximum absolute atomic E-state index is 5.27. The maximum atomic E-state index is 5.27. The van der Waals surface area contributed by atoms with Gasteiger partial charge >= 0.3 is 0 Å². The van der Waals surface area contributed by atoms with Gasteiger partial charge in [0.05, 0.1) is 31.5 Å². The van der Waals surface area contributed by atoms with Crippen molar-refractivity contribution in [2.75, 3.05) is 26.3 Å². The summed E-state index contributed by atoms with van der Waals surface area (Å²) in [7, 11) is 0. The van der Waals surface area contributed by atoms with E-state index in [1.165, 1.54) is 18.5 Å². The molecule has 100 valence electrons. The third kappa shape index (κ3) is 2.19. The van der Waals surface area contributed by atoms with Crippen LogP contribution in [0.2, 0.25) is 0 Å². The first kappa shape index (κ1) is 12.2. The minimum absolute atomic E-state index is 0.193. The number of rotatable bonds is 2. The van der Waals surface area contributed by atoms with Crippen LogP contribution in [-0.4, -0.2) is 47.0 Å². The third-order valence-electron chi connectivity index (χ3n) is 4.17. The van der Waals surface area contributed by atoms with Gasteiger partial charge in [-0.3, -0.25) is 9.58 Å². The first-order chi connectivity index (χ1) is 8.54. The Morgan fingerprint density at radius 3 is 2.61 bits per heavy atom. The zero-order chi connectivity index (χ0) is 12.8. The zero-order valence-electron chi connectivity index (χ0n) is 11.6. The molecule has 0 bridgehead atoms. The van der Waals surface area contributed by atoms with E-state index >= 15 is 0 Å². The van der Waals surface area contributed by atoms with Crippen LogP contribution in [0, 0.1) is 0 Å². The number of nitrogens with zero attached hydrogens (tertiary/aromatic N) is 3. The molecule has 0 N–H and O–H groups in total. The lowest BCUT2D eigenvalue weighted by molar-refractivity contribution is -0.0579. The molecule has 4 heteroatoms. The maximum Gasteiger partial charge on any atom is 0.0658 e. The van der Waals surface area contributed by atoms with E-state index in [0.29, 0.717) is 12.1 Å². The molecular formula is C14H23N3O. The van der Waals surface area contributed by atoms with Crippen LogP contribution in [0.5, 0.6) is 0 Å². The highest BCUT2D eigenvalue weighted by Gasteiger charge is 2.33. The van der Waals surface area contributed by atoms with Crippen molar-refractivity contribution in [2.45, 2.75) is 44.7 Å². The highest BCUT2D eigenvalue weighted by molar-refractivity contribution is 5.15. The van der Waals surface area contributed by atoms with E-state index in [0.717, 1.165) is 19.8 Å². The number of likely N-dealkylation sites (tertiary alicyclic amines) is 1. The molecule has 1 aromatic rings. The van der Waals surface area contributed by atoms with E-state index in [2.05, 4.69) is 41.6 Å². The predicted octanol–water partition coefficient (Wildman–Crippen LogP) is 1.83. The predicted molar refractivity (Wildman–Crippen MR) is 70.8 cm³/mol. The van der Waals surface area contributed by atoms with Gasteiger partial charge in [0.15, 0.2) is 0 Å². The van der Waals surface area contributed by atoms with Crippen molar-refractivity contribution in [3.05, 3.63) is 18.0 Å². The Bertz CT molecular complexity index is 417. The Kier molecular flexibility index (Phi) is 2.94. The lowest BCUT2D eigenvalue weighted by Gasteiger charge is -2.34. The molecule has 2 aliphatic rings. The van der Waals surface area contributed by atoms with Crippen LogP contribution in [0.4, 0.5) is 0 Å². The van der Waals surface area contributed by atoms with Crippen LogP contribution in [0.1, 0.15) is 38.8 Å². The van der Waals surface area contributed by atoms with Crippen molar-refractivity contribution in [3.8, 4) is 0 Å². The fraction of sp³-hybridized carbons (Fsp3) is 0.786. The topological polar surface area (TPSA) is 30.3 Å². The minimum Gasteiger partial charge on any atom is -0.378 e. The molecule has 1 aromatic heterocycles. The Balaban J connectivity index is 1.67. The zero-order valence-corrected chi connectivity index (χ0v) is 11.6. The summed E-state index contributed by atoms with van der Waals surface area (Å²) in [6.45, 7) is 10.9. The monoisotopic (exact) mass is 249 g/mol. The van der Waals surface area contributed by atoms with Gasteiger partial charge in [0, 0.05) is 19.3 Å². The molecule has 0 saturated carbocycles. The van der Waals surface area contributed by atoms with Gasteiger partial charge in [-0.25, -0.2) is 0 Å². The first-order valence-electron chi connectivity index (χ1n) is 6.90. The highest BCUT2D eigenvalue weighted by atomic mass is 16.5. The summed E-state index contributed by atoms with van der Waals surface area (Å²) in [4.78, 5) is 2.55. The molecule has 4 nitrogen and oxygen atoms in total. The number of aromatic nitrogens is 2. The normalized spacial score (nSPS) is 26.5. The molecule has 1 unspecified atom stereocenters. The lowest BCUT2D eigenvalue weighted by atomic mass is 9.90. The Morgan fingerprint density at radius 1 is 1.28 bits per heavy atom. The quantitative estimate of drug-likeness (QED) is 0.801.